The van der Waals surface area contributed by atoms with E-state index in [1.54, 1.807) is 24.3 Å². The van der Waals surface area contributed by atoms with Crippen molar-refractivity contribution in [3.8, 4) is 6.07 Å². The minimum atomic E-state index is -0.572. The second-order valence-corrected chi connectivity index (χ2v) is 4.89. The molecule has 106 valence electrons. The number of urea groups is 1. The van der Waals surface area contributed by atoms with Crippen LogP contribution < -0.4 is 10.6 Å². The average Bonchev–Trinajstić information content (AvgIpc) is 2.94. The second kappa shape index (κ2) is 6.44. The van der Waals surface area contributed by atoms with Gasteiger partial charge in [0, 0.05) is 6.54 Å². The Balaban J connectivity index is 1.86. The average molecular weight is 303 g/mol. The van der Waals surface area contributed by atoms with E-state index in [2.05, 4.69) is 15.6 Å². The predicted octanol–water partition coefficient (Wildman–Crippen LogP) is 2.24. The number of benzene rings is 1. The first kappa shape index (κ1) is 14.4. The summed E-state index contributed by atoms with van der Waals surface area (Å²) < 4.78 is 0. The van der Waals surface area contributed by atoms with E-state index < -0.39 is 11.0 Å². The van der Waals surface area contributed by atoms with E-state index in [1.807, 2.05) is 6.07 Å². The van der Waals surface area contributed by atoms with Crippen molar-refractivity contribution in [2.45, 2.75) is 6.54 Å². The van der Waals surface area contributed by atoms with Crippen LogP contribution in [0.1, 0.15) is 11.1 Å². The SMILES string of the molecule is N#Cc1ccc(CNC(=O)Nc2ncc([N+](=O)[O-])s2)cc1. The highest BCUT2D eigenvalue weighted by molar-refractivity contribution is 7.18. The first-order valence-electron chi connectivity index (χ1n) is 5.72. The summed E-state index contributed by atoms with van der Waals surface area (Å²) in [5, 5.41) is 24.2. The van der Waals surface area contributed by atoms with Crippen LogP contribution in [0.25, 0.3) is 0 Å². The smallest absolute Gasteiger partial charge is 0.334 e. The zero-order chi connectivity index (χ0) is 15.2. The lowest BCUT2D eigenvalue weighted by atomic mass is 10.1. The Morgan fingerprint density at radius 1 is 1.43 bits per heavy atom. The maximum absolute atomic E-state index is 11.6. The van der Waals surface area contributed by atoms with Gasteiger partial charge < -0.3 is 5.32 Å². The number of nitrogens with one attached hydrogen (secondary N) is 2. The van der Waals surface area contributed by atoms with Crippen molar-refractivity contribution in [3.63, 3.8) is 0 Å². The number of rotatable bonds is 4. The topological polar surface area (TPSA) is 121 Å². The van der Waals surface area contributed by atoms with Crippen LogP contribution in [0.4, 0.5) is 14.9 Å². The molecule has 0 aliphatic heterocycles. The minimum absolute atomic E-state index is 0.141. The number of amides is 2. The third kappa shape index (κ3) is 3.99. The van der Waals surface area contributed by atoms with Gasteiger partial charge in [-0.25, -0.2) is 9.78 Å². The molecule has 0 fully saturated rings. The van der Waals surface area contributed by atoms with Crippen LogP contribution in [0.15, 0.2) is 30.5 Å². The summed E-state index contributed by atoms with van der Waals surface area (Å²) in [6.07, 6.45) is 1.08. The summed E-state index contributed by atoms with van der Waals surface area (Å²) in [6.45, 7) is 0.269. The van der Waals surface area contributed by atoms with Crippen LogP contribution in [0.2, 0.25) is 0 Å². The van der Waals surface area contributed by atoms with Gasteiger partial charge in [0.15, 0.2) is 5.13 Å². The van der Waals surface area contributed by atoms with Gasteiger partial charge in [0.05, 0.1) is 16.6 Å². The number of nitro groups is 1. The highest BCUT2D eigenvalue weighted by atomic mass is 32.1. The van der Waals surface area contributed by atoms with Gasteiger partial charge in [-0.2, -0.15) is 5.26 Å². The van der Waals surface area contributed by atoms with Gasteiger partial charge in [-0.3, -0.25) is 15.4 Å². The Morgan fingerprint density at radius 3 is 2.71 bits per heavy atom. The van der Waals surface area contributed by atoms with Gasteiger partial charge in [-0.1, -0.05) is 12.1 Å². The maximum Gasteiger partial charge on any atom is 0.345 e. The number of nitriles is 1. The van der Waals surface area contributed by atoms with E-state index in [0.29, 0.717) is 5.56 Å². The summed E-state index contributed by atoms with van der Waals surface area (Å²) >= 11 is 0.778. The molecule has 2 N–H and O–H groups in total. The molecule has 1 heterocycles. The molecule has 1 aromatic carbocycles. The lowest BCUT2D eigenvalue weighted by molar-refractivity contribution is -0.380. The van der Waals surface area contributed by atoms with Crippen molar-refractivity contribution >= 4 is 27.5 Å². The Labute approximate surface area is 123 Å². The molecule has 0 saturated heterocycles. The molecule has 0 saturated carbocycles. The molecule has 2 amide bonds. The molecule has 21 heavy (non-hydrogen) atoms. The van der Waals surface area contributed by atoms with E-state index in [-0.39, 0.29) is 16.7 Å². The number of hydrogen-bond acceptors (Lipinski definition) is 6. The number of thiazole rings is 1. The van der Waals surface area contributed by atoms with Gasteiger partial charge in [-0.15, -0.1) is 0 Å². The van der Waals surface area contributed by atoms with E-state index in [0.717, 1.165) is 23.1 Å². The number of nitrogens with zero attached hydrogens (tertiary/aromatic N) is 3. The first-order valence-corrected chi connectivity index (χ1v) is 6.54. The summed E-state index contributed by atoms with van der Waals surface area (Å²) in [4.78, 5) is 25.3. The highest BCUT2D eigenvalue weighted by Gasteiger charge is 2.13. The summed E-state index contributed by atoms with van der Waals surface area (Å²) in [5.74, 6) is 0. The monoisotopic (exact) mass is 303 g/mol. The summed E-state index contributed by atoms with van der Waals surface area (Å²) in [6, 6.07) is 8.25. The van der Waals surface area contributed by atoms with Crippen molar-refractivity contribution in [1.29, 1.82) is 5.26 Å². The first-order chi connectivity index (χ1) is 10.1. The molecule has 0 aliphatic carbocycles. The number of anilines is 1. The van der Waals surface area contributed by atoms with Crippen LogP contribution in [-0.2, 0) is 6.54 Å². The van der Waals surface area contributed by atoms with Crippen LogP contribution in [0.3, 0.4) is 0 Å². The molecule has 2 rings (SSSR count). The zero-order valence-electron chi connectivity index (χ0n) is 10.6. The van der Waals surface area contributed by atoms with Crippen molar-refractivity contribution in [3.05, 3.63) is 51.7 Å². The van der Waals surface area contributed by atoms with Crippen molar-refractivity contribution < 1.29 is 9.72 Å². The lowest BCUT2D eigenvalue weighted by Gasteiger charge is -2.05. The highest BCUT2D eigenvalue weighted by Crippen LogP contribution is 2.24. The number of hydrogen-bond donors (Lipinski definition) is 2. The Bertz CT molecular complexity index is 704. The number of carbonyl (C=O) groups excluding carboxylic acids is 1. The maximum atomic E-state index is 11.6. The van der Waals surface area contributed by atoms with E-state index in [4.69, 9.17) is 5.26 Å². The van der Waals surface area contributed by atoms with Crippen LogP contribution >= 0.6 is 11.3 Å². The molecule has 1 aromatic heterocycles. The Hall–Kier alpha value is -2.99. The molecule has 2 aromatic rings. The predicted molar refractivity (Wildman–Crippen MR) is 75.8 cm³/mol. The minimum Gasteiger partial charge on any atom is -0.334 e. The van der Waals surface area contributed by atoms with E-state index in [1.165, 1.54) is 0 Å². The molecule has 8 nitrogen and oxygen atoms in total. The largest absolute Gasteiger partial charge is 0.345 e. The van der Waals surface area contributed by atoms with Gasteiger partial charge >= 0.3 is 11.0 Å². The molecule has 0 radical (unpaired) electrons. The van der Waals surface area contributed by atoms with Gasteiger partial charge in [0.1, 0.15) is 6.20 Å². The number of carbonyl (C=O) groups is 1. The van der Waals surface area contributed by atoms with Gasteiger partial charge in [-0.05, 0) is 29.0 Å². The van der Waals surface area contributed by atoms with Gasteiger partial charge in [0.2, 0.25) is 0 Å². The summed E-state index contributed by atoms with van der Waals surface area (Å²) in [7, 11) is 0. The molecule has 0 spiro atoms. The van der Waals surface area contributed by atoms with Crippen LogP contribution in [0.5, 0.6) is 0 Å². The molecule has 0 atom stereocenters. The third-order valence-electron chi connectivity index (χ3n) is 2.43. The van der Waals surface area contributed by atoms with Crippen molar-refractivity contribution in [2.75, 3.05) is 5.32 Å². The fourth-order valence-electron chi connectivity index (χ4n) is 1.43. The molecular formula is C12H9N5O3S. The fourth-order valence-corrected chi connectivity index (χ4v) is 2.06. The molecular weight excluding hydrogens is 294 g/mol. The van der Waals surface area contributed by atoms with E-state index in [9.17, 15) is 14.9 Å². The lowest BCUT2D eigenvalue weighted by Crippen LogP contribution is -2.28. The van der Waals surface area contributed by atoms with E-state index >= 15 is 0 Å². The van der Waals surface area contributed by atoms with Gasteiger partial charge in [0.25, 0.3) is 0 Å². The molecule has 0 bridgehead atoms. The molecule has 0 unspecified atom stereocenters. The van der Waals surface area contributed by atoms with Crippen molar-refractivity contribution in [1.82, 2.24) is 10.3 Å². The standard InChI is InChI=1S/C12H9N5O3S/c13-5-8-1-3-9(4-2-8)6-14-11(18)16-12-15-7-10(21-12)17(19)20/h1-4,7H,6H2,(H2,14,15,16,18). The molecule has 9 heteroatoms. The number of aromatic nitrogens is 1. The summed E-state index contributed by atoms with van der Waals surface area (Å²) in [5.41, 5.74) is 1.37. The third-order valence-corrected chi connectivity index (χ3v) is 3.29. The quantitative estimate of drug-likeness (QED) is 0.662. The zero-order valence-corrected chi connectivity index (χ0v) is 11.4. The fraction of sp³-hybridized carbons (Fsp3) is 0.0833. The Kier molecular flexibility index (Phi) is 4.43. The second-order valence-electron chi connectivity index (χ2n) is 3.88. The molecule has 0 aliphatic rings. The van der Waals surface area contributed by atoms with Crippen molar-refractivity contribution in [2.24, 2.45) is 0 Å². The normalized spacial score (nSPS) is 9.67. The van der Waals surface area contributed by atoms with Crippen LogP contribution in [0, 0.1) is 21.4 Å². The Morgan fingerprint density at radius 2 is 2.14 bits per heavy atom. The van der Waals surface area contributed by atoms with Crippen LogP contribution in [-0.4, -0.2) is 15.9 Å².